The summed E-state index contributed by atoms with van der Waals surface area (Å²) in [6.07, 6.45) is 1.28. The second kappa shape index (κ2) is 5.00. The Hall–Kier alpha value is -1.16. The molecule has 0 saturated heterocycles. The molecule has 0 aromatic heterocycles. The van der Waals surface area contributed by atoms with Crippen molar-refractivity contribution in [2.75, 3.05) is 0 Å². The Balaban J connectivity index is 2.04. The molecular formula is C13H16O3S. The Labute approximate surface area is 103 Å². The van der Waals surface area contributed by atoms with Crippen molar-refractivity contribution < 1.29 is 14.1 Å². The fraction of sp³-hybridized carbons (Fsp3) is 0.462. The summed E-state index contributed by atoms with van der Waals surface area (Å²) in [6, 6.07) is 9.90. The average Bonchev–Trinajstić information content (AvgIpc) is 3.10. The first-order valence-corrected chi connectivity index (χ1v) is 7.10. The molecule has 1 saturated carbocycles. The van der Waals surface area contributed by atoms with Crippen LogP contribution in [0.25, 0.3) is 0 Å². The molecule has 0 radical (unpaired) electrons. The molecule has 17 heavy (non-hydrogen) atoms. The van der Waals surface area contributed by atoms with Gasteiger partial charge in [0.15, 0.2) is 0 Å². The van der Waals surface area contributed by atoms with Gasteiger partial charge in [0.05, 0.1) is 0 Å². The monoisotopic (exact) mass is 252 g/mol. The van der Waals surface area contributed by atoms with Crippen LogP contribution in [-0.2, 0) is 15.6 Å². The maximum Gasteiger partial charge on any atom is 0.319 e. The molecule has 1 fully saturated rings. The summed E-state index contributed by atoms with van der Waals surface area (Å²) >= 11 is 0. The minimum absolute atomic E-state index is 0.0263. The maximum atomic E-state index is 12.1. The molecule has 2 rings (SSSR count). The summed E-state index contributed by atoms with van der Waals surface area (Å²) < 4.78 is 12.1. The third-order valence-corrected chi connectivity index (χ3v) is 5.40. The molecule has 0 spiro atoms. The van der Waals surface area contributed by atoms with E-state index in [0.29, 0.717) is 6.42 Å². The van der Waals surface area contributed by atoms with Crippen molar-refractivity contribution in [2.45, 2.75) is 36.2 Å². The molecule has 0 aliphatic heterocycles. The summed E-state index contributed by atoms with van der Waals surface area (Å²) in [5.74, 6) is -0.657. The van der Waals surface area contributed by atoms with Gasteiger partial charge in [-0.2, -0.15) is 0 Å². The molecule has 92 valence electrons. The van der Waals surface area contributed by atoms with Gasteiger partial charge in [-0.1, -0.05) is 37.3 Å². The van der Waals surface area contributed by atoms with Crippen molar-refractivity contribution in [3.8, 4) is 0 Å². The maximum absolute atomic E-state index is 12.1. The van der Waals surface area contributed by atoms with Crippen molar-refractivity contribution in [3.05, 3.63) is 35.9 Å². The van der Waals surface area contributed by atoms with Crippen LogP contribution in [-0.4, -0.2) is 25.8 Å². The van der Waals surface area contributed by atoms with E-state index in [-0.39, 0.29) is 11.2 Å². The molecule has 4 heteroatoms. The van der Waals surface area contributed by atoms with E-state index in [2.05, 4.69) is 0 Å². The normalized spacial score (nSPS) is 26.2. The van der Waals surface area contributed by atoms with Gasteiger partial charge < -0.3 is 5.11 Å². The molecule has 0 bridgehead atoms. The number of carboxylic acids is 1. The zero-order chi connectivity index (χ0) is 12.4. The molecule has 0 heterocycles. The van der Waals surface area contributed by atoms with Gasteiger partial charge in [-0.25, -0.2) is 0 Å². The molecule has 1 aliphatic rings. The lowest BCUT2D eigenvalue weighted by atomic mass is 10.1. The van der Waals surface area contributed by atoms with Gasteiger partial charge in [0.25, 0.3) is 0 Å². The van der Waals surface area contributed by atoms with Crippen LogP contribution < -0.4 is 0 Å². The first-order valence-electron chi connectivity index (χ1n) is 5.82. The van der Waals surface area contributed by atoms with E-state index >= 15 is 0 Å². The minimum atomic E-state index is -1.26. The van der Waals surface area contributed by atoms with Crippen molar-refractivity contribution in [3.63, 3.8) is 0 Å². The van der Waals surface area contributed by atoms with Gasteiger partial charge >= 0.3 is 5.97 Å². The van der Waals surface area contributed by atoms with E-state index < -0.39 is 22.0 Å². The minimum Gasteiger partial charge on any atom is -0.480 e. The molecule has 3 nitrogen and oxygen atoms in total. The SMILES string of the molecule is CCC(C(=O)O)S(=O)C1CC1c1ccccc1. The Morgan fingerprint density at radius 2 is 2.12 bits per heavy atom. The number of rotatable bonds is 5. The molecule has 4 unspecified atom stereocenters. The molecule has 4 atom stereocenters. The van der Waals surface area contributed by atoms with Crippen LogP contribution in [0.4, 0.5) is 0 Å². The quantitative estimate of drug-likeness (QED) is 0.873. The van der Waals surface area contributed by atoms with E-state index in [9.17, 15) is 9.00 Å². The Morgan fingerprint density at radius 3 is 2.65 bits per heavy atom. The standard InChI is InChI=1S/C13H16O3S/c1-2-11(13(14)15)17(16)12-8-10(12)9-6-4-3-5-7-9/h3-7,10-12H,2,8H2,1H3,(H,14,15). The number of carbonyl (C=O) groups is 1. The van der Waals surface area contributed by atoms with Crippen molar-refractivity contribution in [1.82, 2.24) is 0 Å². The molecule has 0 amide bonds. The molecule has 1 N–H and O–H groups in total. The van der Waals surface area contributed by atoms with Crippen molar-refractivity contribution >= 4 is 16.8 Å². The summed E-state index contributed by atoms with van der Waals surface area (Å²) in [5.41, 5.74) is 1.17. The van der Waals surface area contributed by atoms with Crippen LogP contribution in [0, 0.1) is 0 Å². The van der Waals surface area contributed by atoms with Crippen LogP contribution in [0.3, 0.4) is 0 Å². The van der Waals surface area contributed by atoms with Crippen LogP contribution >= 0.6 is 0 Å². The van der Waals surface area contributed by atoms with Gasteiger partial charge in [-0.15, -0.1) is 0 Å². The predicted octanol–water partition coefficient (Wildman–Crippen LogP) is 2.15. The fourth-order valence-electron chi connectivity index (χ4n) is 2.13. The number of hydrogen-bond acceptors (Lipinski definition) is 2. The fourth-order valence-corrected chi connectivity index (χ4v) is 3.96. The van der Waals surface area contributed by atoms with Gasteiger partial charge in [-0.3, -0.25) is 9.00 Å². The first-order chi connectivity index (χ1) is 8.15. The second-order valence-corrected chi connectivity index (χ2v) is 6.19. The Kier molecular flexibility index (Phi) is 3.62. The highest BCUT2D eigenvalue weighted by atomic mass is 32.2. The van der Waals surface area contributed by atoms with E-state index in [4.69, 9.17) is 5.11 Å². The van der Waals surface area contributed by atoms with Crippen LogP contribution in [0.15, 0.2) is 30.3 Å². The van der Waals surface area contributed by atoms with Gasteiger partial charge in [0.1, 0.15) is 5.25 Å². The molecule has 1 aromatic rings. The highest BCUT2D eigenvalue weighted by molar-refractivity contribution is 7.87. The Bertz CT molecular complexity index is 430. The van der Waals surface area contributed by atoms with Gasteiger partial charge in [0, 0.05) is 16.0 Å². The molecule has 1 aliphatic carbocycles. The Morgan fingerprint density at radius 1 is 1.47 bits per heavy atom. The third-order valence-electron chi connectivity index (χ3n) is 3.18. The largest absolute Gasteiger partial charge is 0.480 e. The smallest absolute Gasteiger partial charge is 0.319 e. The number of hydrogen-bond donors (Lipinski definition) is 1. The van der Waals surface area contributed by atoms with Crippen LogP contribution in [0.1, 0.15) is 31.2 Å². The van der Waals surface area contributed by atoms with Gasteiger partial charge in [0.2, 0.25) is 0 Å². The summed E-state index contributed by atoms with van der Waals surface area (Å²) in [4.78, 5) is 11.0. The summed E-state index contributed by atoms with van der Waals surface area (Å²) in [6.45, 7) is 1.77. The topological polar surface area (TPSA) is 54.4 Å². The lowest BCUT2D eigenvalue weighted by molar-refractivity contribution is -0.136. The second-order valence-electron chi connectivity index (χ2n) is 4.35. The highest BCUT2D eigenvalue weighted by Gasteiger charge is 2.46. The van der Waals surface area contributed by atoms with Gasteiger partial charge in [-0.05, 0) is 24.3 Å². The number of benzene rings is 1. The number of aliphatic carboxylic acids is 1. The summed E-state index contributed by atoms with van der Waals surface area (Å²) in [5, 5.41) is 8.30. The highest BCUT2D eigenvalue weighted by Crippen LogP contribution is 2.45. The lowest BCUT2D eigenvalue weighted by Crippen LogP contribution is -2.27. The number of carboxylic acid groups (broad SMARTS) is 1. The molecule has 1 aromatic carbocycles. The zero-order valence-corrected chi connectivity index (χ0v) is 10.5. The van der Waals surface area contributed by atoms with E-state index in [1.165, 1.54) is 5.56 Å². The van der Waals surface area contributed by atoms with E-state index in [0.717, 1.165) is 6.42 Å². The van der Waals surface area contributed by atoms with Crippen molar-refractivity contribution in [2.24, 2.45) is 0 Å². The van der Waals surface area contributed by atoms with Crippen LogP contribution in [0.5, 0.6) is 0 Å². The first kappa shape index (κ1) is 12.3. The summed E-state index contributed by atoms with van der Waals surface area (Å²) in [7, 11) is -1.26. The predicted molar refractivity (Wildman–Crippen MR) is 67.4 cm³/mol. The lowest BCUT2D eigenvalue weighted by Gasteiger charge is -2.09. The van der Waals surface area contributed by atoms with E-state index in [1.54, 1.807) is 6.92 Å². The molecular weight excluding hydrogens is 236 g/mol. The van der Waals surface area contributed by atoms with E-state index in [1.807, 2.05) is 30.3 Å². The zero-order valence-electron chi connectivity index (χ0n) is 9.70. The van der Waals surface area contributed by atoms with Crippen molar-refractivity contribution in [1.29, 1.82) is 0 Å². The van der Waals surface area contributed by atoms with Crippen LogP contribution in [0.2, 0.25) is 0 Å². The third kappa shape index (κ3) is 2.57. The average molecular weight is 252 g/mol.